The van der Waals surface area contributed by atoms with Gasteiger partial charge < -0.3 is 9.26 Å². The van der Waals surface area contributed by atoms with Crippen LogP contribution in [0.3, 0.4) is 0 Å². The van der Waals surface area contributed by atoms with E-state index in [4.69, 9.17) is 4.74 Å². The molecular weight excluding hydrogens is 328 g/mol. The predicted molar refractivity (Wildman–Crippen MR) is 87.4 cm³/mol. The first kappa shape index (κ1) is 15.4. The lowest BCUT2D eigenvalue weighted by Crippen LogP contribution is -2.04. The van der Waals surface area contributed by atoms with Gasteiger partial charge in [-0.25, -0.2) is 4.98 Å². The molecule has 0 N–H and O–H groups in total. The van der Waals surface area contributed by atoms with Gasteiger partial charge in [-0.3, -0.25) is 4.98 Å². The van der Waals surface area contributed by atoms with Gasteiger partial charge in [0, 0.05) is 36.0 Å². The number of alkyl halides is 2. The monoisotopic (exact) mass is 341 g/mol. The zero-order chi connectivity index (χ0) is 17.4. The van der Waals surface area contributed by atoms with Crippen molar-refractivity contribution in [3.05, 3.63) is 60.1 Å². The Balaban J connectivity index is 1.61. The van der Waals surface area contributed by atoms with Gasteiger partial charge in [-0.1, -0.05) is 23.4 Å². The van der Waals surface area contributed by atoms with Crippen LogP contribution in [0.1, 0.15) is 18.4 Å². The Morgan fingerprint density at radius 1 is 1.08 bits per heavy atom. The molecule has 3 aromatic heterocycles. The van der Waals surface area contributed by atoms with Crippen LogP contribution in [0.15, 0.2) is 53.2 Å². The Morgan fingerprint density at radius 3 is 2.60 bits per heavy atom. The van der Waals surface area contributed by atoms with Crippen molar-refractivity contribution in [2.45, 2.75) is 19.5 Å². The quantitative estimate of drug-likeness (QED) is 0.513. The van der Waals surface area contributed by atoms with Crippen LogP contribution in [-0.4, -0.2) is 15.1 Å². The molecule has 5 nitrogen and oxygen atoms in total. The van der Waals surface area contributed by atoms with Crippen molar-refractivity contribution in [1.29, 1.82) is 0 Å². The van der Waals surface area contributed by atoms with E-state index in [0.29, 0.717) is 5.88 Å². The average Bonchev–Trinajstić information content (AvgIpc) is 3.09. The number of ether oxygens (including phenoxy) is 1. The summed E-state index contributed by atoms with van der Waals surface area (Å²) >= 11 is 0. The van der Waals surface area contributed by atoms with E-state index in [9.17, 15) is 8.78 Å². The molecule has 0 aliphatic heterocycles. The fourth-order valence-corrected chi connectivity index (χ4v) is 2.52. The van der Waals surface area contributed by atoms with Crippen LogP contribution in [0.25, 0.3) is 21.8 Å². The van der Waals surface area contributed by atoms with E-state index in [-0.39, 0.29) is 12.3 Å². The Kier molecular flexibility index (Phi) is 3.56. The van der Waals surface area contributed by atoms with Gasteiger partial charge >= 0.3 is 5.92 Å². The first-order chi connectivity index (χ1) is 12.0. The molecule has 1 aromatic carbocycles. The van der Waals surface area contributed by atoms with E-state index < -0.39 is 11.7 Å². The third-order valence-corrected chi connectivity index (χ3v) is 3.77. The van der Waals surface area contributed by atoms with Gasteiger partial charge in [0.25, 0.3) is 0 Å². The van der Waals surface area contributed by atoms with E-state index in [1.807, 2.05) is 30.3 Å². The van der Waals surface area contributed by atoms with E-state index in [1.165, 1.54) is 6.07 Å². The Labute approximate surface area is 141 Å². The molecule has 0 radical (unpaired) electrons. The predicted octanol–water partition coefficient (Wildman–Crippen LogP) is 4.46. The van der Waals surface area contributed by atoms with Crippen molar-refractivity contribution in [2.24, 2.45) is 0 Å². The third kappa shape index (κ3) is 3.00. The minimum Gasteiger partial charge on any atom is -0.471 e. The van der Waals surface area contributed by atoms with E-state index in [1.54, 1.807) is 12.3 Å². The molecule has 126 valence electrons. The Hall–Kier alpha value is -3.09. The van der Waals surface area contributed by atoms with Crippen molar-refractivity contribution in [2.75, 3.05) is 0 Å². The second-order valence-corrected chi connectivity index (χ2v) is 5.72. The van der Waals surface area contributed by atoms with Crippen molar-refractivity contribution < 1.29 is 18.0 Å². The zero-order valence-electron chi connectivity index (χ0n) is 13.2. The number of hydrogen-bond donors (Lipinski definition) is 0. The van der Waals surface area contributed by atoms with E-state index >= 15 is 0 Å². The summed E-state index contributed by atoms with van der Waals surface area (Å²) in [6.45, 7) is 0.734. The number of benzene rings is 1. The highest BCUT2D eigenvalue weighted by Crippen LogP contribution is 2.28. The fraction of sp³-hybridized carbons (Fsp3) is 0.167. The minimum absolute atomic E-state index is 0.0176. The number of halogens is 2. The van der Waals surface area contributed by atoms with Crippen LogP contribution >= 0.6 is 0 Å². The normalized spacial score (nSPS) is 12.0. The van der Waals surface area contributed by atoms with Gasteiger partial charge in [0.1, 0.15) is 17.8 Å². The maximum Gasteiger partial charge on any atom is 0.304 e. The van der Waals surface area contributed by atoms with Gasteiger partial charge in [0.05, 0.1) is 5.52 Å². The van der Waals surface area contributed by atoms with E-state index in [0.717, 1.165) is 28.7 Å². The zero-order valence-corrected chi connectivity index (χ0v) is 13.2. The van der Waals surface area contributed by atoms with Crippen LogP contribution in [-0.2, 0) is 12.5 Å². The highest BCUT2D eigenvalue weighted by atomic mass is 19.3. The van der Waals surface area contributed by atoms with Crippen LogP contribution in [0.5, 0.6) is 5.88 Å². The summed E-state index contributed by atoms with van der Waals surface area (Å²) < 4.78 is 36.5. The highest BCUT2D eigenvalue weighted by molar-refractivity contribution is 6.02. The average molecular weight is 341 g/mol. The van der Waals surface area contributed by atoms with Crippen LogP contribution in [0.4, 0.5) is 8.78 Å². The smallest absolute Gasteiger partial charge is 0.304 e. The van der Waals surface area contributed by atoms with Gasteiger partial charge in [-0.05, 0) is 12.1 Å². The minimum atomic E-state index is -3.07. The van der Waals surface area contributed by atoms with Crippen LogP contribution in [0, 0.1) is 0 Å². The van der Waals surface area contributed by atoms with Gasteiger partial charge in [-0.2, -0.15) is 8.78 Å². The molecule has 0 aliphatic carbocycles. The van der Waals surface area contributed by atoms with Crippen molar-refractivity contribution >= 4 is 21.8 Å². The molecule has 7 heteroatoms. The fourth-order valence-electron chi connectivity index (χ4n) is 2.52. The summed E-state index contributed by atoms with van der Waals surface area (Å²) in [5.74, 6) is -3.21. The molecule has 0 fully saturated rings. The standard InChI is InChI=1S/C18H13F2N3O2/c1-18(19,20)14-9-13(23-25-14)10-24-15-7-6-12-5-4-11-3-2-8-21-16(11)17(12)22-15/h2-9H,10H2,1H3. The number of rotatable bonds is 4. The Bertz CT molecular complexity index is 1060. The van der Waals surface area contributed by atoms with Crippen molar-refractivity contribution in [3.63, 3.8) is 0 Å². The number of pyridine rings is 2. The van der Waals surface area contributed by atoms with Gasteiger partial charge in [0.15, 0.2) is 0 Å². The Morgan fingerprint density at radius 2 is 1.84 bits per heavy atom. The number of nitrogens with zero attached hydrogens (tertiary/aromatic N) is 3. The molecule has 0 saturated heterocycles. The first-order valence-corrected chi connectivity index (χ1v) is 7.62. The van der Waals surface area contributed by atoms with E-state index in [2.05, 4.69) is 19.6 Å². The molecule has 0 bridgehead atoms. The van der Waals surface area contributed by atoms with Crippen LogP contribution < -0.4 is 4.74 Å². The number of hydrogen-bond acceptors (Lipinski definition) is 5. The first-order valence-electron chi connectivity index (χ1n) is 7.62. The molecule has 0 aliphatic rings. The molecule has 3 heterocycles. The second kappa shape index (κ2) is 5.77. The largest absolute Gasteiger partial charge is 0.471 e. The van der Waals surface area contributed by atoms with Crippen LogP contribution in [0.2, 0.25) is 0 Å². The van der Waals surface area contributed by atoms with Gasteiger partial charge in [0.2, 0.25) is 11.6 Å². The molecule has 25 heavy (non-hydrogen) atoms. The maximum absolute atomic E-state index is 13.2. The molecule has 0 spiro atoms. The van der Waals surface area contributed by atoms with Gasteiger partial charge in [-0.15, -0.1) is 0 Å². The molecule has 0 amide bonds. The SMILES string of the molecule is CC(F)(F)c1cc(COc2ccc3ccc4cccnc4c3n2)no1. The number of fused-ring (bicyclic) bond motifs is 3. The topological polar surface area (TPSA) is 61.0 Å². The molecule has 0 atom stereocenters. The molecule has 4 rings (SSSR count). The lowest BCUT2D eigenvalue weighted by molar-refractivity contribution is -0.0106. The summed E-state index contributed by atoms with van der Waals surface area (Å²) in [6, 6.07) is 12.5. The third-order valence-electron chi connectivity index (χ3n) is 3.77. The molecular formula is C18H13F2N3O2. The summed E-state index contributed by atoms with van der Waals surface area (Å²) in [4.78, 5) is 8.85. The molecule has 0 unspecified atom stereocenters. The lowest BCUT2D eigenvalue weighted by Gasteiger charge is -2.06. The van der Waals surface area contributed by atoms with Crippen molar-refractivity contribution in [3.8, 4) is 5.88 Å². The summed E-state index contributed by atoms with van der Waals surface area (Å²) in [5, 5.41) is 5.51. The number of aromatic nitrogens is 3. The molecule has 4 aromatic rings. The van der Waals surface area contributed by atoms with Crippen molar-refractivity contribution in [1.82, 2.24) is 15.1 Å². The summed E-state index contributed by atoms with van der Waals surface area (Å²) in [5.41, 5.74) is 1.77. The molecule has 0 saturated carbocycles. The maximum atomic E-state index is 13.2. The highest BCUT2D eigenvalue weighted by Gasteiger charge is 2.29. The summed E-state index contributed by atoms with van der Waals surface area (Å²) in [6.07, 6.45) is 1.71. The summed E-state index contributed by atoms with van der Waals surface area (Å²) in [7, 11) is 0. The second-order valence-electron chi connectivity index (χ2n) is 5.72. The lowest BCUT2D eigenvalue weighted by atomic mass is 10.1.